The highest BCUT2D eigenvalue weighted by Crippen LogP contribution is 3.03. The highest BCUT2D eigenvalue weighted by atomic mass is 33.7. The maximum atomic E-state index is 12.8. The van der Waals surface area contributed by atoms with Gasteiger partial charge >= 0.3 is 0 Å². The van der Waals surface area contributed by atoms with Gasteiger partial charge in [0, 0.05) is 10.6 Å². The number of aryl methyl sites for hydroxylation is 1. The summed E-state index contributed by atoms with van der Waals surface area (Å²) in [6, 6.07) is 14.8. The third kappa shape index (κ3) is 2.63. The van der Waals surface area contributed by atoms with Crippen molar-refractivity contribution in [2.24, 2.45) is 0 Å². The van der Waals surface area contributed by atoms with Gasteiger partial charge in [0.05, 0.1) is 0 Å². The van der Waals surface area contributed by atoms with Crippen molar-refractivity contribution >= 4 is 54.4 Å². The second kappa shape index (κ2) is 5.23. The van der Waals surface area contributed by atoms with Crippen molar-refractivity contribution < 1.29 is 9.67 Å². The van der Waals surface area contributed by atoms with Gasteiger partial charge in [0.25, 0.3) is 0 Å². The lowest BCUT2D eigenvalue weighted by atomic mass is 10.2. The van der Waals surface area contributed by atoms with Gasteiger partial charge in [-0.25, -0.2) is 0 Å². The summed E-state index contributed by atoms with van der Waals surface area (Å²) >= 11 is 8.65. The Morgan fingerprint density at radius 2 is 1.45 bits per heavy atom. The van der Waals surface area contributed by atoms with Gasteiger partial charge < -0.3 is 5.11 Å². The summed E-state index contributed by atoms with van der Waals surface area (Å²) in [7, 11) is 0. The van der Waals surface area contributed by atoms with E-state index in [-0.39, 0.29) is 5.75 Å². The van der Waals surface area contributed by atoms with Gasteiger partial charge in [-0.05, 0) is 53.2 Å². The van der Waals surface area contributed by atoms with Gasteiger partial charge in [-0.3, -0.25) is 4.57 Å². The monoisotopic (exact) mass is 358 g/mol. The predicted octanol–water partition coefficient (Wildman–Crippen LogP) is 4.63. The third-order valence-electron chi connectivity index (χ3n) is 2.95. The van der Waals surface area contributed by atoms with Crippen LogP contribution in [-0.2, 0) is 16.4 Å². The first kappa shape index (κ1) is 14.7. The van der Waals surface area contributed by atoms with Crippen molar-refractivity contribution in [1.29, 1.82) is 0 Å². The van der Waals surface area contributed by atoms with E-state index < -0.39 is 9.99 Å². The van der Waals surface area contributed by atoms with Crippen LogP contribution < -0.4 is 10.6 Å². The lowest BCUT2D eigenvalue weighted by molar-refractivity contribution is 0.475. The van der Waals surface area contributed by atoms with Crippen LogP contribution in [0, 0.1) is 6.92 Å². The van der Waals surface area contributed by atoms with Crippen molar-refractivity contribution in [3.05, 3.63) is 54.1 Å². The fourth-order valence-electron chi connectivity index (χ4n) is 1.84. The van der Waals surface area contributed by atoms with E-state index in [0.717, 1.165) is 10.6 Å². The summed E-state index contributed by atoms with van der Waals surface area (Å²) in [4.78, 5) is 0. The number of benzene rings is 2. The second-order valence-corrected chi connectivity index (χ2v) is 22.6. The molecule has 0 unspecified atom stereocenters. The van der Waals surface area contributed by atoms with Crippen LogP contribution in [0.15, 0.2) is 48.5 Å². The topological polar surface area (TPSA) is 37.3 Å². The van der Waals surface area contributed by atoms with Crippen molar-refractivity contribution in [1.82, 2.24) is 0 Å². The molecule has 2 nitrogen and oxygen atoms in total. The lowest BCUT2D eigenvalue weighted by Crippen LogP contribution is -2.09. The molecule has 0 bridgehead atoms. The molecule has 0 atom stereocenters. The largest absolute Gasteiger partial charge is 0.508 e. The quantitative estimate of drug-likeness (QED) is 0.792. The molecule has 0 spiro atoms. The number of phenols is 1. The van der Waals surface area contributed by atoms with Gasteiger partial charge in [-0.2, -0.15) is 0 Å². The van der Waals surface area contributed by atoms with E-state index in [9.17, 15) is 9.67 Å². The molecule has 1 aliphatic rings. The Balaban J connectivity index is 1.86. The first-order chi connectivity index (χ1) is 9.41. The van der Waals surface area contributed by atoms with E-state index in [1.54, 1.807) is 24.3 Å². The zero-order valence-corrected chi connectivity index (χ0v) is 14.8. The summed E-state index contributed by atoms with van der Waals surface area (Å²) in [6.07, 6.45) is 0. The molecule has 1 fully saturated rings. The highest BCUT2D eigenvalue weighted by molar-refractivity contribution is 9.44. The van der Waals surface area contributed by atoms with E-state index in [1.165, 1.54) is 27.6 Å². The van der Waals surface area contributed by atoms with Crippen molar-refractivity contribution in [2.45, 2.75) is 6.92 Å². The number of aromatic hydroxyl groups is 1. The van der Waals surface area contributed by atoms with E-state index in [0.29, 0.717) is 0 Å². The van der Waals surface area contributed by atoms with Crippen LogP contribution in [-0.4, -0.2) is 5.11 Å². The molecule has 0 amide bonds. The standard InChI is InChI=1S/C13H12O2P2S3/c1-10-2-6-13(7-3-10)17(18)19-16(15,20-17)12-8-4-11(14)5-9-12/h2-9,14H,1H3. The average molecular weight is 358 g/mol. The number of hydrogen-bond acceptors (Lipinski definition) is 5. The van der Waals surface area contributed by atoms with Gasteiger partial charge in [-0.1, -0.05) is 41.6 Å². The Hall–Kier alpha value is -0.180. The molecule has 1 aliphatic heterocycles. The summed E-state index contributed by atoms with van der Waals surface area (Å²) in [5.74, 6) is 0.189. The number of rotatable bonds is 2. The molecular formula is C13H12O2P2S3. The Labute approximate surface area is 130 Å². The van der Waals surface area contributed by atoms with Crippen molar-refractivity contribution in [2.75, 3.05) is 0 Å². The van der Waals surface area contributed by atoms with Crippen LogP contribution in [0.3, 0.4) is 0 Å². The second-order valence-electron chi connectivity index (χ2n) is 4.51. The molecular weight excluding hydrogens is 346 g/mol. The smallest absolute Gasteiger partial charge is 0.230 e. The summed E-state index contributed by atoms with van der Waals surface area (Å²) in [5, 5.41) is 11.2. The minimum atomic E-state index is -2.50. The molecule has 1 saturated heterocycles. The first-order valence-electron chi connectivity index (χ1n) is 5.91. The molecule has 104 valence electrons. The van der Waals surface area contributed by atoms with E-state index in [1.807, 2.05) is 19.1 Å². The van der Waals surface area contributed by atoms with Crippen LogP contribution in [0.4, 0.5) is 0 Å². The van der Waals surface area contributed by atoms with E-state index in [2.05, 4.69) is 12.1 Å². The molecule has 7 heteroatoms. The third-order valence-corrected chi connectivity index (χ3v) is 29.9. The molecule has 1 heterocycles. The van der Waals surface area contributed by atoms with Crippen molar-refractivity contribution in [3.63, 3.8) is 0 Å². The Morgan fingerprint density at radius 1 is 0.950 bits per heavy atom. The van der Waals surface area contributed by atoms with E-state index >= 15 is 0 Å². The summed E-state index contributed by atoms with van der Waals surface area (Å²) in [5.41, 5.74) is -1.30. The summed E-state index contributed by atoms with van der Waals surface area (Å²) in [6.45, 7) is 2.04. The minimum Gasteiger partial charge on any atom is -0.508 e. The van der Waals surface area contributed by atoms with E-state index in [4.69, 9.17) is 11.8 Å². The van der Waals surface area contributed by atoms with Crippen LogP contribution in [0.1, 0.15) is 5.56 Å². The average Bonchev–Trinajstić information content (AvgIpc) is 2.38. The summed E-state index contributed by atoms with van der Waals surface area (Å²) < 4.78 is 11.0. The molecule has 20 heavy (non-hydrogen) atoms. The number of phenolic OH excluding ortho intramolecular Hbond substituents is 1. The molecule has 3 rings (SSSR count). The molecule has 0 aliphatic carbocycles. The molecule has 0 radical (unpaired) electrons. The Kier molecular flexibility index (Phi) is 3.85. The van der Waals surface area contributed by atoms with Crippen LogP contribution in [0.2, 0.25) is 0 Å². The van der Waals surface area contributed by atoms with Gasteiger partial charge in [0.15, 0.2) is 0 Å². The fourth-order valence-corrected chi connectivity index (χ4v) is 33.1. The Bertz CT molecular complexity index is 664. The fraction of sp³-hybridized carbons (Fsp3) is 0.0769. The van der Waals surface area contributed by atoms with Crippen LogP contribution >= 0.6 is 32.0 Å². The van der Waals surface area contributed by atoms with Crippen LogP contribution in [0.25, 0.3) is 0 Å². The normalized spacial score (nSPS) is 28.9. The lowest BCUT2D eigenvalue weighted by Gasteiger charge is -2.37. The maximum absolute atomic E-state index is 12.8. The molecule has 2 aromatic rings. The van der Waals surface area contributed by atoms with Gasteiger partial charge in [0.2, 0.25) is 5.55 Å². The predicted molar refractivity (Wildman–Crippen MR) is 95.6 cm³/mol. The van der Waals surface area contributed by atoms with Gasteiger partial charge in [-0.15, -0.1) is 0 Å². The van der Waals surface area contributed by atoms with Crippen molar-refractivity contribution in [3.8, 4) is 5.75 Å². The molecule has 0 saturated carbocycles. The first-order valence-corrected chi connectivity index (χ1v) is 14.5. The number of hydrogen-bond donors (Lipinski definition) is 1. The highest BCUT2D eigenvalue weighted by Gasteiger charge is 2.49. The SMILES string of the molecule is Cc1ccc(P2(=S)SP(=O)(c3ccc(O)cc3)S2)cc1. The van der Waals surface area contributed by atoms with Crippen LogP contribution in [0.5, 0.6) is 5.75 Å². The zero-order valence-electron chi connectivity index (χ0n) is 10.6. The van der Waals surface area contributed by atoms with Gasteiger partial charge in [0.1, 0.15) is 10.2 Å². The zero-order chi connectivity index (χ0) is 14.4. The molecule has 2 aromatic carbocycles. The maximum Gasteiger partial charge on any atom is 0.230 e. The Morgan fingerprint density at radius 3 is 2.00 bits per heavy atom. The molecule has 0 aromatic heterocycles. The molecule has 1 N–H and O–H groups in total. The minimum absolute atomic E-state index is 0.189.